The van der Waals surface area contributed by atoms with Gasteiger partial charge in [-0.25, -0.2) is 15.0 Å². The van der Waals surface area contributed by atoms with Gasteiger partial charge >= 0.3 is 0 Å². The fraction of sp³-hybridized carbons (Fsp3) is 0.351. The maximum atomic E-state index is 13.6. The molecular formula is C37H39Cl2N9O4. The fourth-order valence-corrected chi connectivity index (χ4v) is 7.38. The Morgan fingerprint density at radius 1 is 1.08 bits per heavy atom. The number of hydrogen-bond acceptors (Lipinski definition) is 10. The minimum atomic E-state index is -0.379. The lowest BCUT2D eigenvalue weighted by molar-refractivity contribution is -0.119. The second-order valence-corrected chi connectivity index (χ2v) is 13.8. The van der Waals surface area contributed by atoms with E-state index in [1.54, 1.807) is 37.6 Å². The van der Waals surface area contributed by atoms with Crippen LogP contribution >= 0.6 is 23.2 Å². The van der Waals surface area contributed by atoms with Gasteiger partial charge in [-0.1, -0.05) is 41.4 Å². The van der Waals surface area contributed by atoms with E-state index in [4.69, 9.17) is 42.3 Å². The summed E-state index contributed by atoms with van der Waals surface area (Å²) in [5, 5.41) is 9.93. The second-order valence-electron chi connectivity index (χ2n) is 13.0. The Morgan fingerprint density at radius 2 is 1.92 bits per heavy atom. The highest BCUT2D eigenvalue weighted by atomic mass is 35.5. The predicted molar refractivity (Wildman–Crippen MR) is 197 cm³/mol. The lowest BCUT2D eigenvalue weighted by Gasteiger charge is -2.25. The van der Waals surface area contributed by atoms with Crippen LogP contribution < -0.4 is 20.7 Å². The number of methoxy groups -OCH3 is 1. The van der Waals surface area contributed by atoms with Gasteiger partial charge in [-0.05, 0) is 31.5 Å². The van der Waals surface area contributed by atoms with Crippen LogP contribution in [0.2, 0.25) is 10.0 Å². The van der Waals surface area contributed by atoms with E-state index < -0.39 is 0 Å². The first-order chi connectivity index (χ1) is 25.1. The van der Waals surface area contributed by atoms with Gasteiger partial charge in [0.05, 0.1) is 52.2 Å². The SMILES string of the molecule is COc1nc(-c2ccnc(-c3cccc(NC(=O)c4nc5c(n4C)CCN(Cc4oc(C)nc4C)C5)c3Cl)c2Cl)ccc1CNCC1CCC(=O)N1. The number of imidazole rings is 1. The number of ether oxygens (including phenoxy) is 1. The number of fused-ring (bicyclic) bond motifs is 1. The maximum absolute atomic E-state index is 13.6. The van der Waals surface area contributed by atoms with Gasteiger partial charge in [0.25, 0.3) is 5.91 Å². The van der Waals surface area contributed by atoms with Gasteiger partial charge in [0.15, 0.2) is 11.7 Å². The van der Waals surface area contributed by atoms with Gasteiger partial charge in [-0.15, -0.1) is 0 Å². The molecule has 2 aliphatic heterocycles. The zero-order chi connectivity index (χ0) is 36.5. The highest BCUT2D eigenvalue weighted by molar-refractivity contribution is 6.39. The third-order valence-electron chi connectivity index (χ3n) is 9.50. The molecule has 2 amide bonds. The number of oxazole rings is 1. The van der Waals surface area contributed by atoms with E-state index in [1.165, 1.54) is 0 Å². The molecule has 3 N–H and O–H groups in total. The van der Waals surface area contributed by atoms with Crippen LogP contribution in [-0.4, -0.2) is 67.5 Å². The summed E-state index contributed by atoms with van der Waals surface area (Å²) < 4.78 is 13.3. The summed E-state index contributed by atoms with van der Waals surface area (Å²) >= 11 is 13.9. The number of pyridine rings is 2. The Balaban J connectivity index is 1.07. The molecule has 0 saturated carbocycles. The van der Waals surface area contributed by atoms with E-state index in [1.807, 2.05) is 37.6 Å². The van der Waals surface area contributed by atoms with Gasteiger partial charge < -0.3 is 29.7 Å². The first kappa shape index (κ1) is 35.6. The summed E-state index contributed by atoms with van der Waals surface area (Å²) in [6.45, 7) is 6.99. The van der Waals surface area contributed by atoms with Gasteiger partial charge in [0.2, 0.25) is 11.8 Å². The number of amides is 2. The monoisotopic (exact) mass is 743 g/mol. The molecule has 2 aliphatic rings. The standard InChI is InChI=1S/C37H39Cl2N9O4/c1-20-30(52-21(2)42-20)19-48-15-13-29-28(18-48)44-35(47(29)3)36(50)45-27-7-5-6-25(32(27)38)34-33(39)24(12-14-41-34)26-10-8-22(37(46-26)51-4)16-40-17-23-9-11-31(49)43-23/h5-8,10,12,14,23,40H,9,11,13,15-19H2,1-4H3,(H,43,49)(H,45,50). The Labute approximate surface area is 311 Å². The van der Waals surface area contributed by atoms with Crippen LogP contribution in [0.15, 0.2) is 47.0 Å². The molecule has 1 atom stereocenters. The topological polar surface area (TPSA) is 152 Å². The highest BCUT2D eigenvalue weighted by Crippen LogP contribution is 2.40. The maximum Gasteiger partial charge on any atom is 0.291 e. The number of rotatable bonds is 11. The average Bonchev–Trinajstić information content (AvgIpc) is 3.80. The Morgan fingerprint density at radius 3 is 2.67 bits per heavy atom. The highest BCUT2D eigenvalue weighted by Gasteiger charge is 2.27. The fourth-order valence-electron chi connectivity index (χ4n) is 6.80. The van der Waals surface area contributed by atoms with E-state index >= 15 is 0 Å². The van der Waals surface area contributed by atoms with Gasteiger partial charge in [-0.2, -0.15) is 0 Å². The second kappa shape index (κ2) is 15.0. The van der Waals surface area contributed by atoms with Gasteiger partial charge in [0.1, 0.15) is 5.76 Å². The Hall–Kier alpha value is -4.82. The summed E-state index contributed by atoms with van der Waals surface area (Å²) in [4.78, 5) is 45.8. The molecule has 52 heavy (non-hydrogen) atoms. The minimum absolute atomic E-state index is 0.0858. The van der Waals surface area contributed by atoms with Gasteiger partial charge in [-0.3, -0.25) is 19.5 Å². The Kier molecular flexibility index (Phi) is 10.3. The summed E-state index contributed by atoms with van der Waals surface area (Å²) in [6.07, 6.45) is 3.77. The molecule has 6 heterocycles. The molecule has 7 rings (SSSR count). The van der Waals surface area contributed by atoms with Crippen molar-refractivity contribution in [3.05, 3.63) is 92.8 Å². The number of nitrogens with zero attached hydrogens (tertiary/aromatic N) is 6. The van der Waals surface area contributed by atoms with Crippen molar-refractivity contribution in [1.82, 2.24) is 40.0 Å². The quantitative estimate of drug-likeness (QED) is 0.155. The molecule has 1 saturated heterocycles. The molecular weight excluding hydrogens is 705 g/mol. The van der Waals surface area contributed by atoms with Gasteiger partial charge in [0, 0.05) is 87.6 Å². The third kappa shape index (κ3) is 7.26. The molecule has 0 bridgehead atoms. The molecule has 5 aromatic rings. The molecule has 1 fully saturated rings. The molecule has 0 radical (unpaired) electrons. The minimum Gasteiger partial charge on any atom is -0.481 e. The number of anilines is 1. The number of carbonyl (C=O) groups excluding carboxylic acids is 2. The van der Waals surface area contributed by atoms with Crippen LogP contribution in [0.4, 0.5) is 5.69 Å². The van der Waals surface area contributed by atoms with Crippen LogP contribution in [0.5, 0.6) is 5.88 Å². The molecule has 13 nitrogen and oxygen atoms in total. The molecule has 0 spiro atoms. The van der Waals surface area contributed by atoms with Crippen LogP contribution in [-0.2, 0) is 37.9 Å². The average molecular weight is 745 g/mol. The van der Waals surface area contributed by atoms with Crippen LogP contribution in [0, 0.1) is 13.8 Å². The van der Waals surface area contributed by atoms with Crippen LogP contribution in [0.1, 0.15) is 57.8 Å². The van der Waals surface area contributed by atoms with Crippen molar-refractivity contribution in [3.8, 4) is 28.4 Å². The van der Waals surface area contributed by atoms with Crippen LogP contribution in [0.3, 0.4) is 0 Å². The van der Waals surface area contributed by atoms with Crippen molar-refractivity contribution in [2.24, 2.45) is 7.05 Å². The van der Waals surface area contributed by atoms with E-state index in [9.17, 15) is 9.59 Å². The first-order valence-corrected chi connectivity index (χ1v) is 17.8. The number of aromatic nitrogens is 5. The van der Waals surface area contributed by atoms with Crippen LogP contribution in [0.25, 0.3) is 22.5 Å². The van der Waals surface area contributed by atoms with E-state index in [2.05, 4.69) is 30.8 Å². The summed E-state index contributed by atoms with van der Waals surface area (Å²) in [6, 6.07) is 11.0. The van der Waals surface area contributed by atoms with Crippen molar-refractivity contribution >= 4 is 40.7 Å². The number of halogens is 2. The summed E-state index contributed by atoms with van der Waals surface area (Å²) in [5.74, 6) is 1.95. The normalized spacial score (nSPS) is 15.8. The molecule has 4 aromatic heterocycles. The lowest BCUT2D eigenvalue weighted by Crippen LogP contribution is -2.35. The Bertz CT molecular complexity index is 2160. The summed E-state index contributed by atoms with van der Waals surface area (Å²) in [7, 11) is 3.43. The molecule has 0 aliphatic carbocycles. The van der Waals surface area contributed by atoms with E-state index in [0.717, 1.165) is 47.8 Å². The third-order valence-corrected chi connectivity index (χ3v) is 10.3. The number of benzene rings is 1. The van der Waals surface area contributed by atoms with E-state index in [-0.39, 0.29) is 22.9 Å². The molecule has 1 aromatic carbocycles. The van der Waals surface area contributed by atoms with Crippen molar-refractivity contribution in [3.63, 3.8) is 0 Å². The van der Waals surface area contributed by atoms with Crippen molar-refractivity contribution < 1.29 is 18.7 Å². The zero-order valence-electron chi connectivity index (χ0n) is 29.3. The summed E-state index contributed by atoms with van der Waals surface area (Å²) in [5.41, 5.74) is 6.26. The number of nitrogens with one attached hydrogen (secondary N) is 3. The number of hydrogen-bond donors (Lipinski definition) is 3. The van der Waals surface area contributed by atoms with Crippen molar-refractivity contribution in [1.29, 1.82) is 0 Å². The molecule has 15 heteroatoms. The first-order valence-electron chi connectivity index (χ1n) is 17.1. The lowest BCUT2D eigenvalue weighted by atomic mass is 10.1. The van der Waals surface area contributed by atoms with Crippen molar-refractivity contribution in [2.45, 2.75) is 58.8 Å². The van der Waals surface area contributed by atoms with E-state index in [0.29, 0.717) is 83.4 Å². The largest absolute Gasteiger partial charge is 0.481 e. The molecule has 270 valence electrons. The predicted octanol–water partition coefficient (Wildman–Crippen LogP) is 5.64. The number of aryl methyl sites for hydroxylation is 2. The zero-order valence-corrected chi connectivity index (χ0v) is 30.9. The van der Waals surface area contributed by atoms with Crippen molar-refractivity contribution in [2.75, 3.05) is 25.5 Å². The number of carbonyl (C=O) groups is 2. The molecule has 1 unspecified atom stereocenters. The smallest absolute Gasteiger partial charge is 0.291 e.